The fraction of sp³-hybridized carbons (Fsp3) is 0.407. The van der Waals surface area contributed by atoms with Crippen LogP contribution in [0.15, 0.2) is 65.4 Å². The molecule has 3 saturated heterocycles. The average Bonchev–Trinajstić information content (AvgIpc) is 3.60. The first-order chi connectivity index (χ1) is 16.5. The van der Waals surface area contributed by atoms with Gasteiger partial charge < -0.3 is 14.3 Å². The van der Waals surface area contributed by atoms with Crippen molar-refractivity contribution >= 4 is 34.4 Å². The minimum absolute atomic E-state index is 0.186. The second kappa shape index (κ2) is 9.74. The molecule has 2 bridgehead atoms. The summed E-state index contributed by atoms with van der Waals surface area (Å²) in [5.41, 5.74) is -0.991. The molecule has 0 amide bonds. The van der Waals surface area contributed by atoms with Crippen LogP contribution in [0.3, 0.4) is 0 Å². The maximum absolute atomic E-state index is 13.5. The summed E-state index contributed by atoms with van der Waals surface area (Å²) in [6.45, 7) is 3.82. The summed E-state index contributed by atoms with van der Waals surface area (Å²) >= 11 is 2.73. The third-order valence-electron chi connectivity index (χ3n) is 7.48. The van der Waals surface area contributed by atoms with Crippen LogP contribution in [0.4, 0.5) is 0 Å². The molecule has 0 radical (unpaired) electrons. The number of aliphatic hydroxyl groups is 1. The molecular formula is C27H30NO4S2+. The summed E-state index contributed by atoms with van der Waals surface area (Å²) in [6, 6.07) is 16.7. The topological polar surface area (TPSA) is 63.6 Å². The van der Waals surface area contributed by atoms with Crippen molar-refractivity contribution in [2.45, 2.75) is 37.4 Å². The zero-order valence-electron chi connectivity index (χ0n) is 19.1. The lowest BCUT2D eigenvalue weighted by atomic mass is 9.82. The summed E-state index contributed by atoms with van der Waals surface area (Å²) in [5, 5.41) is 15.3. The van der Waals surface area contributed by atoms with Gasteiger partial charge in [0.2, 0.25) is 5.60 Å². The molecular weight excluding hydrogens is 466 g/mol. The molecule has 1 aromatic carbocycles. The van der Waals surface area contributed by atoms with Crippen LogP contribution in [-0.2, 0) is 15.1 Å². The second-order valence-electron chi connectivity index (χ2n) is 9.53. The van der Waals surface area contributed by atoms with Crippen molar-refractivity contribution < 1.29 is 23.9 Å². The van der Waals surface area contributed by atoms with Gasteiger partial charge in [-0.3, -0.25) is 4.79 Å². The van der Waals surface area contributed by atoms with Gasteiger partial charge in [-0.1, -0.05) is 42.5 Å². The highest BCUT2D eigenvalue weighted by molar-refractivity contribution is 7.12. The van der Waals surface area contributed by atoms with E-state index in [2.05, 4.69) is 0 Å². The number of ether oxygens (including phenoxy) is 1. The molecule has 5 heterocycles. The minimum Gasteiger partial charge on any atom is -0.453 e. The highest BCUT2D eigenvalue weighted by Crippen LogP contribution is 2.40. The summed E-state index contributed by atoms with van der Waals surface area (Å²) in [4.78, 5) is 27.2. The quantitative estimate of drug-likeness (QED) is 0.261. The van der Waals surface area contributed by atoms with Crippen LogP contribution in [-0.4, -0.2) is 53.6 Å². The van der Waals surface area contributed by atoms with Gasteiger partial charge in [-0.25, -0.2) is 4.79 Å². The molecule has 6 rings (SSSR count). The Morgan fingerprint density at radius 3 is 2.21 bits per heavy atom. The smallest absolute Gasteiger partial charge is 0.349 e. The molecule has 0 spiro atoms. The molecule has 0 unspecified atom stereocenters. The number of carbonyl (C=O) groups is 2. The minimum atomic E-state index is -1.76. The Bertz CT molecular complexity index is 1070. The van der Waals surface area contributed by atoms with Crippen molar-refractivity contribution in [3.8, 4) is 0 Å². The fourth-order valence-corrected chi connectivity index (χ4v) is 7.24. The Morgan fingerprint density at radius 1 is 0.971 bits per heavy atom. The molecule has 2 aromatic heterocycles. The Hall–Kier alpha value is -2.32. The van der Waals surface area contributed by atoms with Gasteiger partial charge in [-0.15, -0.1) is 22.7 Å². The van der Waals surface area contributed by atoms with Crippen LogP contribution in [0.5, 0.6) is 0 Å². The lowest BCUT2D eigenvalue weighted by Gasteiger charge is -2.52. The van der Waals surface area contributed by atoms with E-state index in [4.69, 9.17) is 4.74 Å². The Balaban J connectivity index is 1.25. The van der Waals surface area contributed by atoms with E-state index in [-0.39, 0.29) is 11.9 Å². The van der Waals surface area contributed by atoms with Gasteiger partial charge in [0, 0.05) is 37.2 Å². The highest BCUT2D eigenvalue weighted by Gasteiger charge is 2.51. The summed E-state index contributed by atoms with van der Waals surface area (Å²) in [6.07, 6.45) is 3.19. The lowest BCUT2D eigenvalue weighted by Crippen LogP contribution is -2.65. The number of quaternary nitrogens is 1. The van der Waals surface area contributed by atoms with Gasteiger partial charge in [0.1, 0.15) is 6.54 Å². The van der Waals surface area contributed by atoms with Crippen LogP contribution >= 0.6 is 22.7 Å². The van der Waals surface area contributed by atoms with Gasteiger partial charge in [0.25, 0.3) is 0 Å². The number of fused-ring (bicyclic) bond motifs is 3. The number of ketones is 1. The third kappa shape index (κ3) is 4.50. The van der Waals surface area contributed by atoms with Crippen LogP contribution in [0.25, 0.3) is 0 Å². The first-order valence-electron chi connectivity index (χ1n) is 11.9. The van der Waals surface area contributed by atoms with E-state index in [1.165, 1.54) is 22.7 Å². The van der Waals surface area contributed by atoms with E-state index in [0.717, 1.165) is 55.5 Å². The molecule has 3 aromatic rings. The molecule has 34 heavy (non-hydrogen) atoms. The van der Waals surface area contributed by atoms with Gasteiger partial charge in [0.05, 0.1) is 29.4 Å². The lowest BCUT2D eigenvalue weighted by molar-refractivity contribution is -0.946. The zero-order valence-corrected chi connectivity index (χ0v) is 20.7. The largest absolute Gasteiger partial charge is 0.453 e. The van der Waals surface area contributed by atoms with E-state index in [1.54, 1.807) is 12.1 Å². The molecule has 3 fully saturated rings. The van der Waals surface area contributed by atoms with Crippen LogP contribution in [0, 0.1) is 5.92 Å². The van der Waals surface area contributed by atoms with Gasteiger partial charge in [-0.2, -0.15) is 0 Å². The van der Waals surface area contributed by atoms with Crippen molar-refractivity contribution in [1.29, 1.82) is 0 Å². The van der Waals surface area contributed by atoms with Crippen molar-refractivity contribution in [3.05, 3.63) is 80.7 Å². The number of hydrogen-bond donors (Lipinski definition) is 1. The number of thiophene rings is 2. The number of rotatable bonds is 9. The van der Waals surface area contributed by atoms with Gasteiger partial charge in [0.15, 0.2) is 11.9 Å². The highest BCUT2D eigenvalue weighted by atomic mass is 32.1. The number of benzene rings is 1. The van der Waals surface area contributed by atoms with Gasteiger partial charge >= 0.3 is 5.97 Å². The third-order valence-corrected chi connectivity index (χ3v) is 9.44. The second-order valence-corrected chi connectivity index (χ2v) is 11.4. The van der Waals surface area contributed by atoms with Crippen molar-refractivity contribution in [2.75, 3.05) is 26.2 Å². The molecule has 7 heteroatoms. The zero-order chi connectivity index (χ0) is 23.6. The number of esters is 1. The molecule has 178 valence electrons. The monoisotopic (exact) mass is 496 g/mol. The normalized spacial score (nSPS) is 24.1. The predicted molar refractivity (Wildman–Crippen MR) is 134 cm³/mol. The molecule has 3 aliphatic heterocycles. The number of carbonyl (C=O) groups excluding carboxylic acids is 2. The van der Waals surface area contributed by atoms with Crippen molar-refractivity contribution in [1.82, 2.24) is 0 Å². The van der Waals surface area contributed by atoms with Gasteiger partial charge in [-0.05, 0) is 22.9 Å². The maximum atomic E-state index is 13.5. The predicted octanol–water partition coefficient (Wildman–Crippen LogP) is 4.86. The Morgan fingerprint density at radius 2 is 1.62 bits per heavy atom. The molecule has 3 aliphatic rings. The molecule has 1 N–H and O–H groups in total. The first kappa shape index (κ1) is 23.4. The number of hydrogen-bond acceptors (Lipinski definition) is 6. The number of nitrogens with zero attached hydrogens (tertiary/aromatic N) is 1. The summed E-state index contributed by atoms with van der Waals surface area (Å²) in [7, 11) is 0. The SMILES string of the molecule is O=C(CCC[N+]12CCC(CC1)[C@@H](OC(=O)C(O)(c1cccs1)c1cccs1)C2)c1ccccc1. The number of Topliss-reactive ketones (excluding diaryl/α,β-unsaturated/α-hetero) is 1. The summed E-state index contributed by atoms with van der Waals surface area (Å²) in [5.74, 6) is -0.0509. The Labute approximate surface area is 208 Å². The standard InChI is InChI=1S/C27H30NO4S2/c29-22(20-7-2-1-3-8-20)9-4-14-28-15-12-21(13-16-28)23(19-28)32-26(30)27(31,24-10-5-17-33-24)25-11-6-18-34-25/h1-3,5-8,10-11,17-18,21,23,31H,4,9,12-16,19H2/q+1/t21?,23-,28?/m0/s1. The van der Waals surface area contributed by atoms with Crippen molar-refractivity contribution in [3.63, 3.8) is 0 Å². The van der Waals surface area contributed by atoms with Crippen molar-refractivity contribution in [2.24, 2.45) is 5.92 Å². The first-order valence-corrected chi connectivity index (χ1v) is 13.7. The molecule has 0 saturated carbocycles. The molecule has 1 atom stereocenters. The van der Waals surface area contributed by atoms with E-state index in [1.807, 2.05) is 53.2 Å². The van der Waals surface area contributed by atoms with Crippen LogP contribution in [0.2, 0.25) is 0 Å². The average molecular weight is 497 g/mol. The van der Waals surface area contributed by atoms with E-state index in [9.17, 15) is 14.7 Å². The fourth-order valence-electron chi connectivity index (χ4n) is 5.53. The maximum Gasteiger partial charge on any atom is 0.349 e. The summed E-state index contributed by atoms with van der Waals surface area (Å²) < 4.78 is 7.00. The van der Waals surface area contributed by atoms with E-state index in [0.29, 0.717) is 22.1 Å². The van der Waals surface area contributed by atoms with Crippen LogP contribution in [0.1, 0.15) is 45.8 Å². The molecule has 5 nitrogen and oxygen atoms in total. The number of piperidine rings is 3. The molecule has 0 aliphatic carbocycles. The van der Waals surface area contributed by atoms with Crippen LogP contribution < -0.4 is 0 Å². The van der Waals surface area contributed by atoms with E-state index >= 15 is 0 Å². The Kier molecular flexibility index (Phi) is 6.71. The van der Waals surface area contributed by atoms with E-state index < -0.39 is 11.6 Å².